The number of amides is 2. The van der Waals surface area contributed by atoms with Crippen molar-refractivity contribution in [2.24, 2.45) is 0 Å². The number of hydrogen-bond donors (Lipinski definition) is 1. The van der Waals surface area contributed by atoms with Gasteiger partial charge in [0.15, 0.2) is 0 Å². The van der Waals surface area contributed by atoms with Crippen LogP contribution in [0.1, 0.15) is 18.1 Å². The third-order valence-corrected chi connectivity index (χ3v) is 3.56. The third kappa shape index (κ3) is 5.25. The van der Waals surface area contributed by atoms with Gasteiger partial charge in [-0.15, -0.1) is 0 Å². The molecule has 0 unspecified atom stereocenters. The minimum atomic E-state index is -0.0380. The van der Waals surface area contributed by atoms with Gasteiger partial charge in [-0.25, -0.2) is 0 Å². The summed E-state index contributed by atoms with van der Waals surface area (Å²) in [6.07, 6.45) is 0.353. The Hall–Kier alpha value is -2.62. The van der Waals surface area contributed by atoms with E-state index < -0.39 is 0 Å². The van der Waals surface area contributed by atoms with Crippen LogP contribution in [0, 0.1) is 6.92 Å². The van der Waals surface area contributed by atoms with E-state index in [0.717, 1.165) is 16.8 Å². The largest absolute Gasteiger partial charge is 0.354 e. The van der Waals surface area contributed by atoms with Crippen molar-refractivity contribution in [3.05, 3.63) is 65.7 Å². The number of benzene rings is 2. The van der Waals surface area contributed by atoms with Gasteiger partial charge in [0.1, 0.15) is 0 Å². The number of carbonyl (C=O) groups is 2. The fourth-order valence-corrected chi connectivity index (χ4v) is 2.42. The van der Waals surface area contributed by atoms with Crippen LogP contribution in [0.15, 0.2) is 54.6 Å². The molecule has 0 aliphatic carbocycles. The van der Waals surface area contributed by atoms with Crippen molar-refractivity contribution in [1.82, 2.24) is 5.32 Å². The summed E-state index contributed by atoms with van der Waals surface area (Å²) in [6, 6.07) is 17.4. The number of hydrogen-bond acceptors (Lipinski definition) is 2. The molecular formula is C19H22N2O2. The third-order valence-electron chi connectivity index (χ3n) is 3.56. The minimum absolute atomic E-state index is 0.0343. The van der Waals surface area contributed by atoms with Gasteiger partial charge in [0.05, 0.1) is 6.42 Å². The van der Waals surface area contributed by atoms with Crippen molar-refractivity contribution in [3.63, 3.8) is 0 Å². The van der Waals surface area contributed by atoms with Crippen molar-refractivity contribution in [2.45, 2.75) is 20.3 Å². The van der Waals surface area contributed by atoms with Crippen LogP contribution >= 0.6 is 0 Å². The molecule has 0 aromatic heterocycles. The van der Waals surface area contributed by atoms with Gasteiger partial charge in [-0.3, -0.25) is 9.59 Å². The number of aryl methyl sites for hydroxylation is 1. The lowest BCUT2D eigenvalue weighted by Gasteiger charge is -2.21. The number of nitrogens with zero attached hydrogens (tertiary/aromatic N) is 1. The van der Waals surface area contributed by atoms with Crippen LogP contribution in [-0.4, -0.2) is 24.9 Å². The predicted molar refractivity (Wildman–Crippen MR) is 92.4 cm³/mol. The van der Waals surface area contributed by atoms with E-state index in [1.165, 1.54) is 6.92 Å². The highest BCUT2D eigenvalue weighted by molar-refractivity contribution is 5.91. The number of rotatable bonds is 6. The Balaban J connectivity index is 1.87. The summed E-state index contributed by atoms with van der Waals surface area (Å²) in [5.74, 6) is -0.0724. The smallest absolute Gasteiger partial charge is 0.224 e. The molecule has 1 N–H and O–H groups in total. The van der Waals surface area contributed by atoms with E-state index in [1.807, 2.05) is 61.5 Å². The standard InChI is InChI=1S/C19H22N2O2/c1-15-7-6-10-18(13-15)21(16(2)22)12-11-20-19(23)14-17-8-4-3-5-9-17/h3-10,13H,11-12,14H2,1-2H3,(H,20,23). The van der Waals surface area contributed by atoms with Gasteiger partial charge in [-0.1, -0.05) is 42.5 Å². The topological polar surface area (TPSA) is 49.4 Å². The summed E-state index contributed by atoms with van der Waals surface area (Å²) < 4.78 is 0. The fraction of sp³-hybridized carbons (Fsp3) is 0.263. The summed E-state index contributed by atoms with van der Waals surface area (Å²) in [5, 5.41) is 2.87. The lowest BCUT2D eigenvalue weighted by molar-refractivity contribution is -0.121. The average molecular weight is 310 g/mol. The van der Waals surface area contributed by atoms with Crippen molar-refractivity contribution in [2.75, 3.05) is 18.0 Å². The molecule has 0 radical (unpaired) electrons. The predicted octanol–water partition coefficient (Wildman–Crippen LogP) is 2.71. The van der Waals surface area contributed by atoms with Gasteiger partial charge >= 0.3 is 0 Å². The normalized spacial score (nSPS) is 10.2. The first-order valence-electron chi connectivity index (χ1n) is 7.71. The van der Waals surface area contributed by atoms with Crippen LogP contribution in [-0.2, 0) is 16.0 Å². The molecule has 2 amide bonds. The minimum Gasteiger partial charge on any atom is -0.354 e. The Morgan fingerprint density at radius 1 is 1.04 bits per heavy atom. The van der Waals surface area contributed by atoms with Gasteiger partial charge in [0.2, 0.25) is 11.8 Å². The van der Waals surface area contributed by atoms with Gasteiger partial charge < -0.3 is 10.2 Å². The van der Waals surface area contributed by atoms with Crippen LogP contribution in [0.25, 0.3) is 0 Å². The molecule has 0 heterocycles. The fourth-order valence-electron chi connectivity index (χ4n) is 2.42. The zero-order valence-corrected chi connectivity index (χ0v) is 13.6. The molecule has 23 heavy (non-hydrogen) atoms. The van der Waals surface area contributed by atoms with Gasteiger partial charge in [-0.2, -0.15) is 0 Å². The average Bonchev–Trinajstić information content (AvgIpc) is 2.52. The molecule has 0 aliphatic heterocycles. The molecular weight excluding hydrogens is 288 g/mol. The molecule has 0 bridgehead atoms. The molecule has 2 aromatic carbocycles. The van der Waals surface area contributed by atoms with Gasteiger partial charge in [0.25, 0.3) is 0 Å². The Morgan fingerprint density at radius 2 is 1.78 bits per heavy atom. The second kappa shape index (κ2) is 8.13. The maximum Gasteiger partial charge on any atom is 0.224 e. The molecule has 0 fully saturated rings. The quantitative estimate of drug-likeness (QED) is 0.892. The Bertz CT molecular complexity index is 668. The zero-order chi connectivity index (χ0) is 16.7. The van der Waals surface area contributed by atoms with E-state index >= 15 is 0 Å². The first-order chi connectivity index (χ1) is 11.1. The summed E-state index contributed by atoms with van der Waals surface area (Å²) in [4.78, 5) is 25.5. The van der Waals surface area contributed by atoms with E-state index in [-0.39, 0.29) is 11.8 Å². The zero-order valence-electron chi connectivity index (χ0n) is 13.6. The molecule has 0 saturated heterocycles. The maximum absolute atomic E-state index is 11.9. The van der Waals surface area contributed by atoms with E-state index in [1.54, 1.807) is 4.90 Å². The van der Waals surface area contributed by atoms with Crippen LogP contribution in [0.2, 0.25) is 0 Å². The monoisotopic (exact) mass is 310 g/mol. The van der Waals surface area contributed by atoms with E-state index in [4.69, 9.17) is 0 Å². The molecule has 0 saturated carbocycles. The molecule has 4 heteroatoms. The lowest BCUT2D eigenvalue weighted by atomic mass is 10.1. The molecule has 0 atom stereocenters. The Morgan fingerprint density at radius 3 is 2.43 bits per heavy atom. The molecule has 120 valence electrons. The molecule has 4 nitrogen and oxygen atoms in total. The van der Waals surface area contributed by atoms with E-state index in [2.05, 4.69) is 5.32 Å². The molecule has 2 rings (SSSR count). The summed E-state index contributed by atoms with van der Waals surface area (Å²) in [7, 11) is 0. The van der Waals surface area contributed by atoms with Crippen molar-refractivity contribution >= 4 is 17.5 Å². The summed E-state index contributed by atoms with van der Waals surface area (Å²) in [5.41, 5.74) is 2.93. The Kier molecular flexibility index (Phi) is 5.92. The molecule has 2 aromatic rings. The highest BCUT2D eigenvalue weighted by Crippen LogP contribution is 2.15. The van der Waals surface area contributed by atoms with Crippen molar-refractivity contribution < 1.29 is 9.59 Å². The molecule has 0 aliphatic rings. The van der Waals surface area contributed by atoms with Crippen molar-refractivity contribution in [1.29, 1.82) is 0 Å². The molecule has 0 spiro atoms. The van der Waals surface area contributed by atoms with Gasteiger partial charge in [0, 0.05) is 25.7 Å². The first kappa shape index (κ1) is 16.7. The van der Waals surface area contributed by atoms with Crippen LogP contribution in [0.4, 0.5) is 5.69 Å². The first-order valence-corrected chi connectivity index (χ1v) is 7.71. The Labute approximate surface area is 137 Å². The number of anilines is 1. The summed E-state index contributed by atoms with van der Waals surface area (Å²) in [6.45, 7) is 4.41. The van der Waals surface area contributed by atoms with Crippen LogP contribution in [0.3, 0.4) is 0 Å². The highest BCUT2D eigenvalue weighted by Gasteiger charge is 2.12. The van der Waals surface area contributed by atoms with E-state index in [0.29, 0.717) is 19.5 Å². The second-order valence-corrected chi connectivity index (χ2v) is 5.52. The summed E-state index contributed by atoms with van der Waals surface area (Å²) >= 11 is 0. The van der Waals surface area contributed by atoms with Crippen LogP contribution in [0.5, 0.6) is 0 Å². The number of carbonyl (C=O) groups excluding carboxylic acids is 2. The van der Waals surface area contributed by atoms with E-state index in [9.17, 15) is 9.59 Å². The number of nitrogens with one attached hydrogen (secondary N) is 1. The van der Waals surface area contributed by atoms with Crippen molar-refractivity contribution in [3.8, 4) is 0 Å². The maximum atomic E-state index is 11.9. The highest BCUT2D eigenvalue weighted by atomic mass is 16.2. The van der Waals surface area contributed by atoms with Gasteiger partial charge in [-0.05, 0) is 30.2 Å². The SMILES string of the molecule is CC(=O)N(CCNC(=O)Cc1ccccc1)c1cccc(C)c1. The van der Waals surface area contributed by atoms with Crippen LogP contribution < -0.4 is 10.2 Å². The second-order valence-electron chi connectivity index (χ2n) is 5.52. The lowest BCUT2D eigenvalue weighted by Crippen LogP contribution is -2.38.